The Labute approximate surface area is 106 Å². The average Bonchev–Trinajstić information content (AvgIpc) is 2.79. The topological polar surface area (TPSA) is 54.2 Å². The minimum absolute atomic E-state index is 0.477. The smallest absolute Gasteiger partial charge is 0.318 e. The fraction of sp³-hybridized carbons (Fsp3) is 0.818. The van der Waals surface area contributed by atoms with Crippen LogP contribution >= 0.6 is 11.8 Å². The summed E-state index contributed by atoms with van der Waals surface area (Å²) < 4.78 is 5.67. The molecule has 0 radical (unpaired) electrons. The highest BCUT2D eigenvalue weighted by atomic mass is 32.2. The maximum absolute atomic E-state index is 5.67. The molecule has 96 valence electrons. The lowest BCUT2D eigenvalue weighted by Gasteiger charge is -2.31. The molecule has 0 spiro atoms. The second kappa shape index (κ2) is 6.26. The van der Waals surface area contributed by atoms with Gasteiger partial charge in [-0.2, -0.15) is 11.8 Å². The maximum atomic E-state index is 5.67. The van der Waals surface area contributed by atoms with E-state index in [1.165, 1.54) is 0 Å². The largest absolute Gasteiger partial charge is 0.407 e. The van der Waals surface area contributed by atoms with Crippen LogP contribution in [0.3, 0.4) is 0 Å². The van der Waals surface area contributed by atoms with E-state index >= 15 is 0 Å². The van der Waals surface area contributed by atoms with Crippen LogP contribution in [0.4, 0.5) is 6.01 Å². The predicted octanol–water partition coefficient (Wildman–Crippen LogP) is 1.51. The van der Waals surface area contributed by atoms with Crippen LogP contribution in [-0.2, 0) is 6.54 Å². The number of nitrogens with zero attached hydrogens (tertiary/aromatic N) is 3. The van der Waals surface area contributed by atoms with Crippen molar-refractivity contribution in [1.82, 2.24) is 15.5 Å². The second-order valence-electron chi connectivity index (χ2n) is 4.27. The van der Waals surface area contributed by atoms with Gasteiger partial charge in [0.25, 0.3) is 0 Å². The van der Waals surface area contributed by atoms with Crippen molar-refractivity contribution in [2.45, 2.75) is 32.9 Å². The van der Waals surface area contributed by atoms with Gasteiger partial charge in [-0.1, -0.05) is 12.0 Å². The Morgan fingerprint density at radius 1 is 1.53 bits per heavy atom. The standard InChI is InChI=1S/C11H20N4OS/c1-3-4-12-7-10-13-14-11(16-10)15-5-6-17-8-9(15)2/h9,12H,3-8H2,1-2H3. The number of hydrogen-bond acceptors (Lipinski definition) is 6. The molecular weight excluding hydrogens is 236 g/mol. The van der Waals surface area contributed by atoms with Gasteiger partial charge >= 0.3 is 6.01 Å². The number of thioether (sulfide) groups is 1. The molecule has 1 fully saturated rings. The molecule has 1 aromatic heterocycles. The molecule has 2 rings (SSSR count). The minimum atomic E-state index is 0.477. The lowest BCUT2D eigenvalue weighted by atomic mass is 10.3. The Kier molecular flexibility index (Phi) is 4.67. The lowest BCUT2D eigenvalue weighted by molar-refractivity contribution is 0.454. The van der Waals surface area contributed by atoms with Gasteiger partial charge in [0.15, 0.2) is 0 Å². The predicted molar refractivity (Wildman–Crippen MR) is 70.4 cm³/mol. The normalized spacial score (nSPS) is 20.8. The number of aromatic nitrogens is 2. The fourth-order valence-corrected chi connectivity index (χ4v) is 2.83. The highest BCUT2D eigenvalue weighted by Crippen LogP contribution is 2.22. The van der Waals surface area contributed by atoms with Gasteiger partial charge in [0.05, 0.1) is 6.54 Å². The van der Waals surface area contributed by atoms with E-state index in [0.29, 0.717) is 24.5 Å². The number of anilines is 1. The fourth-order valence-electron chi connectivity index (χ4n) is 1.82. The Bertz CT molecular complexity index is 344. The van der Waals surface area contributed by atoms with Crippen molar-refractivity contribution < 1.29 is 4.42 Å². The van der Waals surface area contributed by atoms with E-state index in [-0.39, 0.29) is 0 Å². The van der Waals surface area contributed by atoms with E-state index in [4.69, 9.17) is 4.42 Å². The van der Waals surface area contributed by atoms with E-state index in [9.17, 15) is 0 Å². The van der Waals surface area contributed by atoms with Crippen LogP contribution < -0.4 is 10.2 Å². The second-order valence-corrected chi connectivity index (χ2v) is 5.42. The first-order chi connectivity index (χ1) is 8.31. The highest BCUT2D eigenvalue weighted by Gasteiger charge is 2.23. The number of hydrogen-bond donors (Lipinski definition) is 1. The third-order valence-corrected chi connectivity index (χ3v) is 3.96. The monoisotopic (exact) mass is 256 g/mol. The first kappa shape index (κ1) is 12.7. The van der Waals surface area contributed by atoms with Gasteiger partial charge in [0, 0.05) is 24.1 Å². The Balaban J connectivity index is 1.92. The molecule has 5 nitrogen and oxygen atoms in total. The van der Waals surface area contributed by atoms with Crippen molar-refractivity contribution in [3.63, 3.8) is 0 Å². The van der Waals surface area contributed by atoms with Gasteiger partial charge in [-0.05, 0) is 19.9 Å². The van der Waals surface area contributed by atoms with E-state index in [0.717, 1.165) is 31.0 Å². The molecule has 1 aliphatic heterocycles. The molecule has 0 aromatic carbocycles. The Hall–Kier alpha value is -0.750. The zero-order valence-electron chi connectivity index (χ0n) is 10.5. The van der Waals surface area contributed by atoms with Crippen LogP contribution in [0, 0.1) is 0 Å². The lowest BCUT2D eigenvalue weighted by Crippen LogP contribution is -2.40. The quantitative estimate of drug-likeness (QED) is 0.806. The van der Waals surface area contributed by atoms with E-state index in [2.05, 4.69) is 34.3 Å². The molecule has 2 heterocycles. The van der Waals surface area contributed by atoms with Crippen LogP contribution in [-0.4, -0.2) is 40.8 Å². The number of rotatable bonds is 5. The molecule has 0 amide bonds. The van der Waals surface area contributed by atoms with E-state index in [1.54, 1.807) is 0 Å². The molecule has 1 unspecified atom stereocenters. The zero-order valence-corrected chi connectivity index (χ0v) is 11.3. The van der Waals surface area contributed by atoms with Crippen LogP contribution in [0.15, 0.2) is 4.42 Å². The molecule has 0 bridgehead atoms. The van der Waals surface area contributed by atoms with E-state index < -0.39 is 0 Å². The minimum Gasteiger partial charge on any atom is -0.407 e. The summed E-state index contributed by atoms with van der Waals surface area (Å²) in [6.45, 7) is 6.98. The van der Waals surface area contributed by atoms with Crippen molar-refractivity contribution in [2.24, 2.45) is 0 Å². The van der Waals surface area contributed by atoms with Crippen LogP contribution in [0.2, 0.25) is 0 Å². The van der Waals surface area contributed by atoms with Gasteiger partial charge < -0.3 is 14.6 Å². The molecular formula is C11H20N4OS. The van der Waals surface area contributed by atoms with Crippen molar-refractivity contribution in [3.8, 4) is 0 Å². The molecule has 0 aliphatic carbocycles. The molecule has 1 aliphatic rings. The first-order valence-corrected chi connectivity index (χ1v) is 7.34. The number of nitrogens with one attached hydrogen (secondary N) is 1. The van der Waals surface area contributed by atoms with Gasteiger partial charge in [0.2, 0.25) is 5.89 Å². The van der Waals surface area contributed by atoms with Crippen molar-refractivity contribution in [3.05, 3.63) is 5.89 Å². The van der Waals surface area contributed by atoms with Crippen LogP contribution in [0.25, 0.3) is 0 Å². The third-order valence-electron chi connectivity index (χ3n) is 2.77. The molecule has 1 atom stereocenters. The van der Waals surface area contributed by atoms with Crippen molar-refractivity contribution in [1.29, 1.82) is 0 Å². The summed E-state index contributed by atoms with van der Waals surface area (Å²) in [5.74, 6) is 2.95. The van der Waals surface area contributed by atoms with Crippen molar-refractivity contribution in [2.75, 3.05) is 29.5 Å². The molecule has 1 aromatic rings. The molecule has 1 saturated heterocycles. The van der Waals surface area contributed by atoms with Gasteiger partial charge in [-0.15, -0.1) is 5.10 Å². The van der Waals surface area contributed by atoms with Gasteiger partial charge in [0.1, 0.15) is 0 Å². The summed E-state index contributed by atoms with van der Waals surface area (Å²) in [6, 6.07) is 1.15. The van der Waals surface area contributed by atoms with Gasteiger partial charge in [-0.3, -0.25) is 0 Å². The zero-order chi connectivity index (χ0) is 12.1. The highest BCUT2D eigenvalue weighted by molar-refractivity contribution is 7.99. The SMILES string of the molecule is CCCNCc1nnc(N2CCSCC2C)o1. The summed E-state index contributed by atoms with van der Waals surface area (Å²) in [6.07, 6.45) is 1.11. The summed E-state index contributed by atoms with van der Waals surface area (Å²) in [5, 5.41) is 11.5. The van der Waals surface area contributed by atoms with Gasteiger partial charge in [-0.25, -0.2) is 0 Å². The average molecular weight is 256 g/mol. The third kappa shape index (κ3) is 3.35. The van der Waals surface area contributed by atoms with Crippen molar-refractivity contribution >= 4 is 17.8 Å². The summed E-state index contributed by atoms with van der Waals surface area (Å²) >= 11 is 1.98. The molecule has 6 heteroatoms. The summed E-state index contributed by atoms with van der Waals surface area (Å²) in [4.78, 5) is 2.20. The van der Waals surface area contributed by atoms with Crippen LogP contribution in [0.1, 0.15) is 26.2 Å². The Morgan fingerprint density at radius 3 is 3.18 bits per heavy atom. The summed E-state index contributed by atoms with van der Waals surface area (Å²) in [7, 11) is 0. The first-order valence-electron chi connectivity index (χ1n) is 6.18. The molecule has 1 N–H and O–H groups in total. The van der Waals surface area contributed by atoms with E-state index in [1.807, 2.05) is 11.8 Å². The Morgan fingerprint density at radius 2 is 2.41 bits per heavy atom. The molecule has 17 heavy (non-hydrogen) atoms. The maximum Gasteiger partial charge on any atom is 0.318 e. The summed E-state index contributed by atoms with van der Waals surface area (Å²) in [5.41, 5.74) is 0. The molecule has 0 saturated carbocycles. The van der Waals surface area contributed by atoms with Crippen LogP contribution in [0.5, 0.6) is 0 Å².